The van der Waals surface area contributed by atoms with Gasteiger partial charge in [0.25, 0.3) is 0 Å². The molecule has 0 bridgehead atoms. The Bertz CT molecular complexity index is 407. The molecule has 0 aromatic heterocycles. The summed E-state index contributed by atoms with van der Waals surface area (Å²) in [4.78, 5) is 0. The Labute approximate surface area is 108 Å². The largest absolute Gasteiger partial charge is 0.384 e. The predicted octanol–water partition coefficient (Wildman–Crippen LogP) is 1.35. The Morgan fingerprint density at radius 1 is 1.44 bits per heavy atom. The SMILES string of the molecule is COCC(CNc1ccc(C)cc1C(=N)N)OC. The Hall–Kier alpha value is -1.59. The first kappa shape index (κ1) is 14.5. The van der Waals surface area contributed by atoms with Crippen LogP contribution in [0.15, 0.2) is 18.2 Å². The zero-order valence-corrected chi connectivity index (χ0v) is 11.1. The third-order valence-electron chi connectivity index (χ3n) is 2.67. The van der Waals surface area contributed by atoms with Crippen LogP contribution < -0.4 is 11.1 Å². The van der Waals surface area contributed by atoms with Crippen LogP contribution in [-0.4, -0.2) is 39.3 Å². The normalized spacial score (nSPS) is 12.2. The lowest BCUT2D eigenvalue weighted by molar-refractivity contribution is 0.0365. The smallest absolute Gasteiger partial charge is 0.124 e. The van der Waals surface area contributed by atoms with Gasteiger partial charge in [0.2, 0.25) is 0 Å². The van der Waals surface area contributed by atoms with Crippen molar-refractivity contribution in [1.29, 1.82) is 5.41 Å². The van der Waals surface area contributed by atoms with E-state index >= 15 is 0 Å². The second kappa shape index (κ2) is 6.98. The highest BCUT2D eigenvalue weighted by Crippen LogP contribution is 2.17. The Morgan fingerprint density at radius 3 is 2.72 bits per heavy atom. The van der Waals surface area contributed by atoms with Gasteiger partial charge in [-0.25, -0.2) is 0 Å². The molecule has 1 aromatic carbocycles. The van der Waals surface area contributed by atoms with Crippen LogP contribution in [0.5, 0.6) is 0 Å². The molecule has 0 radical (unpaired) electrons. The first-order valence-corrected chi connectivity index (χ1v) is 5.79. The molecular formula is C13H21N3O2. The minimum atomic E-state index is -0.0314. The standard InChI is InChI=1S/C13H21N3O2/c1-9-4-5-12(11(6-9)13(14)15)16-7-10(18-3)8-17-2/h4-6,10,16H,7-8H2,1-3H3,(H3,14,15). The van der Waals surface area contributed by atoms with Crippen molar-refractivity contribution in [3.63, 3.8) is 0 Å². The van der Waals surface area contributed by atoms with Gasteiger partial charge in [-0.05, 0) is 19.1 Å². The summed E-state index contributed by atoms with van der Waals surface area (Å²) in [7, 11) is 3.28. The fraction of sp³-hybridized carbons (Fsp3) is 0.462. The maximum Gasteiger partial charge on any atom is 0.124 e. The number of nitrogens with two attached hydrogens (primary N) is 1. The summed E-state index contributed by atoms with van der Waals surface area (Å²) in [5.74, 6) is 0.0573. The minimum Gasteiger partial charge on any atom is -0.384 e. The third-order valence-corrected chi connectivity index (χ3v) is 2.67. The van der Waals surface area contributed by atoms with E-state index in [4.69, 9.17) is 20.6 Å². The second-order valence-corrected chi connectivity index (χ2v) is 4.16. The molecule has 5 heteroatoms. The molecule has 0 fully saturated rings. The highest BCUT2D eigenvalue weighted by atomic mass is 16.5. The number of hydrogen-bond acceptors (Lipinski definition) is 4. The van der Waals surface area contributed by atoms with E-state index in [-0.39, 0.29) is 11.9 Å². The van der Waals surface area contributed by atoms with Crippen LogP contribution in [0, 0.1) is 12.3 Å². The summed E-state index contributed by atoms with van der Waals surface area (Å²) in [5, 5.41) is 10.8. The summed E-state index contributed by atoms with van der Waals surface area (Å²) >= 11 is 0. The Morgan fingerprint density at radius 2 is 2.17 bits per heavy atom. The molecule has 0 saturated carbocycles. The van der Waals surface area contributed by atoms with Gasteiger partial charge in [-0.3, -0.25) is 5.41 Å². The average molecular weight is 251 g/mol. The van der Waals surface area contributed by atoms with Crippen molar-refractivity contribution in [2.45, 2.75) is 13.0 Å². The quantitative estimate of drug-likeness (QED) is 0.505. The van der Waals surface area contributed by atoms with Gasteiger partial charge in [0, 0.05) is 32.0 Å². The molecule has 18 heavy (non-hydrogen) atoms. The van der Waals surface area contributed by atoms with Crippen molar-refractivity contribution >= 4 is 11.5 Å². The molecule has 5 nitrogen and oxygen atoms in total. The van der Waals surface area contributed by atoms with Crippen LogP contribution in [0.25, 0.3) is 0 Å². The van der Waals surface area contributed by atoms with Crippen LogP contribution in [0.4, 0.5) is 5.69 Å². The predicted molar refractivity (Wildman–Crippen MR) is 73.4 cm³/mol. The molecule has 4 N–H and O–H groups in total. The number of aryl methyl sites for hydroxylation is 1. The minimum absolute atomic E-state index is 0.0314. The molecule has 0 aliphatic carbocycles. The highest BCUT2D eigenvalue weighted by Gasteiger charge is 2.09. The van der Waals surface area contributed by atoms with Gasteiger partial charge in [-0.1, -0.05) is 11.6 Å². The Balaban J connectivity index is 2.74. The van der Waals surface area contributed by atoms with E-state index in [0.717, 1.165) is 11.3 Å². The fourth-order valence-corrected chi connectivity index (χ4v) is 1.66. The van der Waals surface area contributed by atoms with E-state index in [1.165, 1.54) is 0 Å². The van der Waals surface area contributed by atoms with Crippen LogP contribution in [-0.2, 0) is 9.47 Å². The molecule has 0 saturated heterocycles. The van der Waals surface area contributed by atoms with Gasteiger partial charge in [0.1, 0.15) is 5.84 Å². The van der Waals surface area contributed by atoms with Crippen molar-refractivity contribution in [3.05, 3.63) is 29.3 Å². The van der Waals surface area contributed by atoms with Gasteiger partial charge < -0.3 is 20.5 Å². The number of hydrogen-bond donors (Lipinski definition) is 3. The number of ether oxygens (including phenoxy) is 2. The molecule has 1 unspecified atom stereocenters. The maximum atomic E-state index is 7.57. The zero-order valence-electron chi connectivity index (χ0n) is 11.1. The number of nitrogens with one attached hydrogen (secondary N) is 2. The number of rotatable bonds is 7. The van der Waals surface area contributed by atoms with Crippen LogP contribution in [0.1, 0.15) is 11.1 Å². The zero-order chi connectivity index (χ0) is 13.5. The van der Waals surface area contributed by atoms with E-state index in [2.05, 4.69) is 5.32 Å². The van der Waals surface area contributed by atoms with Gasteiger partial charge in [-0.2, -0.15) is 0 Å². The average Bonchev–Trinajstić information content (AvgIpc) is 2.35. The lowest BCUT2D eigenvalue weighted by atomic mass is 10.1. The van der Waals surface area contributed by atoms with Crippen molar-refractivity contribution in [2.75, 3.05) is 32.7 Å². The molecule has 0 aliphatic heterocycles. The first-order chi connectivity index (χ1) is 8.58. The van der Waals surface area contributed by atoms with Gasteiger partial charge in [-0.15, -0.1) is 0 Å². The molecule has 1 aromatic rings. The van der Waals surface area contributed by atoms with E-state index in [9.17, 15) is 0 Å². The molecule has 0 aliphatic rings. The lowest BCUT2D eigenvalue weighted by Crippen LogP contribution is -2.27. The Kier molecular flexibility index (Phi) is 5.61. The number of anilines is 1. The summed E-state index contributed by atoms with van der Waals surface area (Å²) < 4.78 is 10.3. The molecule has 1 rings (SSSR count). The monoisotopic (exact) mass is 251 g/mol. The van der Waals surface area contributed by atoms with Crippen LogP contribution in [0.2, 0.25) is 0 Å². The molecule has 0 amide bonds. The third kappa shape index (κ3) is 4.01. The summed E-state index contributed by atoms with van der Waals surface area (Å²) in [6.07, 6.45) is -0.0314. The van der Waals surface area contributed by atoms with E-state index in [1.54, 1.807) is 14.2 Å². The summed E-state index contributed by atoms with van der Waals surface area (Å²) in [6.45, 7) is 3.09. The second-order valence-electron chi connectivity index (χ2n) is 4.16. The van der Waals surface area contributed by atoms with Gasteiger partial charge in [0.15, 0.2) is 0 Å². The van der Waals surface area contributed by atoms with E-state index in [0.29, 0.717) is 18.7 Å². The molecule has 1 atom stereocenters. The maximum absolute atomic E-state index is 7.57. The van der Waals surface area contributed by atoms with Crippen molar-refractivity contribution in [3.8, 4) is 0 Å². The van der Waals surface area contributed by atoms with Gasteiger partial charge >= 0.3 is 0 Å². The van der Waals surface area contributed by atoms with Gasteiger partial charge in [0.05, 0.1) is 12.7 Å². The molecular weight excluding hydrogens is 230 g/mol. The van der Waals surface area contributed by atoms with E-state index < -0.39 is 0 Å². The van der Waals surface area contributed by atoms with E-state index in [1.807, 2.05) is 25.1 Å². The van der Waals surface area contributed by atoms with Crippen LogP contribution >= 0.6 is 0 Å². The molecule has 0 heterocycles. The van der Waals surface area contributed by atoms with Crippen molar-refractivity contribution in [1.82, 2.24) is 0 Å². The molecule has 0 spiro atoms. The number of nitrogen functional groups attached to an aromatic ring is 1. The lowest BCUT2D eigenvalue weighted by Gasteiger charge is -2.17. The fourth-order valence-electron chi connectivity index (χ4n) is 1.66. The molecule has 100 valence electrons. The van der Waals surface area contributed by atoms with Crippen molar-refractivity contribution < 1.29 is 9.47 Å². The van der Waals surface area contributed by atoms with Crippen molar-refractivity contribution in [2.24, 2.45) is 5.73 Å². The summed E-state index contributed by atoms with van der Waals surface area (Å²) in [5.41, 5.74) is 8.19. The number of benzene rings is 1. The van der Waals surface area contributed by atoms with Crippen LogP contribution in [0.3, 0.4) is 0 Å². The topological polar surface area (TPSA) is 80.4 Å². The number of methoxy groups -OCH3 is 2. The summed E-state index contributed by atoms with van der Waals surface area (Å²) in [6, 6.07) is 5.79. The first-order valence-electron chi connectivity index (χ1n) is 5.79. The highest BCUT2D eigenvalue weighted by molar-refractivity contribution is 6.00. The number of amidine groups is 1.